The van der Waals surface area contributed by atoms with Crippen LogP contribution in [0.4, 0.5) is 0 Å². The maximum Gasteiger partial charge on any atom is 0.223 e. The quantitative estimate of drug-likeness (QED) is 0.842. The van der Waals surface area contributed by atoms with Crippen molar-refractivity contribution < 1.29 is 4.79 Å². The summed E-state index contributed by atoms with van der Waals surface area (Å²) >= 11 is 0. The second kappa shape index (κ2) is 6.89. The highest BCUT2D eigenvalue weighted by Crippen LogP contribution is 2.28. The Morgan fingerprint density at radius 1 is 1.10 bits per heavy atom. The molecule has 20 heavy (non-hydrogen) atoms. The Labute approximate surface area is 122 Å². The summed E-state index contributed by atoms with van der Waals surface area (Å²) in [5, 5.41) is 0. The summed E-state index contributed by atoms with van der Waals surface area (Å²) in [6, 6.07) is 10.4. The van der Waals surface area contributed by atoms with Gasteiger partial charge in [-0.2, -0.15) is 0 Å². The van der Waals surface area contributed by atoms with Gasteiger partial charge in [-0.05, 0) is 24.4 Å². The summed E-state index contributed by atoms with van der Waals surface area (Å²) in [4.78, 5) is 16.8. The van der Waals surface area contributed by atoms with Gasteiger partial charge in [0.2, 0.25) is 5.91 Å². The Hall–Kier alpha value is -1.35. The monoisotopic (exact) mass is 274 g/mol. The van der Waals surface area contributed by atoms with Crippen molar-refractivity contribution in [3.8, 4) is 0 Å². The number of nitrogens with zero attached hydrogens (tertiary/aromatic N) is 2. The molecule has 1 heterocycles. The molecule has 2 rings (SSSR count). The van der Waals surface area contributed by atoms with Gasteiger partial charge in [0, 0.05) is 32.6 Å². The zero-order valence-corrected chi connectivity index (χ0v) is 12.9. The molecule has 1 aliphatic heterocycles. The number of hydrogen-bond donors (Lipinski definition) is 0. The van der Waals surface area contributed by atoms with Gasteiger partial charge in [-0.25, -0.2) is 0 Å². The molecule has 0 bridgehead atoms. The Bertz CT molecular complexity index is 422. The number of benzene rings is 1. The molecule has 1 atom stereocenters. The predicted octanol–water partition coefficient (Wildman–Crippen LogP) is 2.59. The van der Waals surface area contributed by atoms with Crippen LogP contribution in [-0.4, -0.2) is 48.9 Å². The third kappa shape index (κ3) is 3.83. The van der Waals surface area contributed by atoms with Crippen LogP contribution in [0.1, 0.15) is 31.7 Å². The van der Waals surface area contributed by atoms with Crippen molar-refractivity contribution in [3.05, 3.63) is 35.9 Å². The zero-order valence-electron chi connectivity index (χ0n) is 12.9. The molecule has 0 spiro atoms. The third-order valence-electron chi connectivity index (χ3n) is 4.28. The standard InChI is InChI=1S/C17H26N2O/c1-14(2)16(15-7-5-4-6-8-15)13-17(20)19-11-9-18(3)10-12-19/h4-8,14,16H,9-13H2,1-3H3. The van der Waals surface area contributed by atoms with Gasteiger partial charge in [0.25, 0.3) is 0 Å². The van der Waals surface area contributed by atoms with Gasteiger partial charge >= 0.3 is 0 Å². The van der Waals surface area contributed by atoms with Crippen LogP contribution < -0.4 is 0 Å². The minimum Gasteiger partial charge on any atom is -0.340 e. The van der Waals surface area contributed by atoms with Crippen molar-refractivity contribution >= 4 is 5.91 Å². The second-order valence-electron chi connectivity index (χ2n) is 6.15. The average molecular weight is 274 g/mol. The highest BCUT2D eigenvalue weighted by Gasteiger charge is 2.24. The molecule has 3 heteroatoms. The van der Waals surface area contributed by atoms with E-state index in [0.717, 1.165) is 26.2 Å². The van der Waals surface area contributed by atoms with Crippen LogP contribution in [0, 0.1) is 5.92 Å². The van der Waals surface area contributed by atoms with Gasteiger partial charge in [0.05, 0.1) is 0 Å². The Morgan fingerprint density at radius 3 is 2.25 bits per heavy atom. The van der Waals surface area contributed by atoms with Crippen molar-refractivity contribution in [2.75, 3.05) is 33.2 Å². The van der Waals surface area contributed by atoms with Gasteiger partial charge in [0.15, 0.2) is 0 Å². The van der Waals surface area contributed by atoms with E-state index in [0.29, 0.717) is 24.2 Å². The Balaban J connectivity index is 2.00. The fraction of sp³-hybridized carbons (Fsp3) is 0.588. The smallest absolute Gasteiger partial charge is 0.223 e. The number of hydrogen-bond acceptors (Lipinski definition) is 2. The summed E-state index contributed by atoms with van der Waals surface area (Å²) in [6.07, 6.45) is 0.630. The molecule has 1 fully saturated rings. The summed E-state index contributed by atoms with van der Waals surface area (Å²) in [7, 11) is 2.11. The van der Waals surface area contributed by atoms with Gasteiger partial charge in [-0.3, -0.25) is 4.79 Å². The fourth-order valence-electron chi connectivity index (χ4n) is 2.81. The molecule has 1 unspecified atom stereocenters. The maximum absolute atomic E-state index is 12.5. The first-order valence-corrected chi connectivity index (χ1v) is 7.59. The van der Waals surface area contributed by atoms with Gasteiger partial charge in [-0.15, -0.1) is 0 Å². The van der Waals surface area contributed by atoms with E-state index in [2.05, 4.69) is 50.1 Å². The highest BCUT2D eigenvalue weighted by atomic mass is 16.2. The molecule has 1 aliphatic rings. The topological polar surface area (TPSA) is 23.6 Å². The van der Waals surface area contributed by atoms with Crippen LogP contribution in [0.3, 0.4) is 0 Å². The number of rotatable bonds is 4. The molecule has 1 aromatic carbocycles. The van der Waals surface area contributed by atoms with Crippen molar-refractivity contribution in [2.24, 2.45) is 5.92 Å². The van der Waals surface area contributed by atoms with E-state index in [1.807, 2.05) is 11.0 Å². The zero-order chi connectivity index (χ0) is 14.5. The van der Waals surface area contributed by atoms with Crippen LogP contribution in [0.25, 0.3) is 0 Å². The lowest BCUT2D eigenvalue weighted by molar-refractivity contribution is -0.133. The first-order valence-electron chi connectivity index (χ1n) is 7.59. The molecule has 1 aromatic rings. The van der Waals surface area contributed by atoms with Crippen LogP contribution in [-0.2, 0) is 4.79 Å². The first-order chi connectivity index (χ1) is 9.58. The number of amides is 1. The molecular weight excluding hydrogens is 248 g/mol. The first kappa shape index (κ1) is 15.0. The number of likely N-dealkylation sites (N-methyl/N-ethyl adjacent to an activating group) is 1. The fourth-order valence-corrected chi connectivity index (χ4v) is 2.81. The predicted molar refractivity (Wildman–Crippen MR) is 82.7 cm³/mol. The summed E-state index contributed by atoms with van der Waals surface area (Å²) < 4.78 is 0. The lowest BCUT2D eigenvalue weighted by Gasteiger charge is -2.34. The molecule has 0 N–H and O–H groups in total. The van der Waals surface area contributed by atoms with Crippen molar-refractivity contribution in [1.29, 1.82) is 0 Å². The Morgan fingerprint density at radius 2 is 1.70 bits per heavy atom. The van der Waals surface area contributed by atoms with E-state index in [1.165, 1.54) is 5.56 Å². The van der Waals surface area contributed by atoms with E-state index in [9.17, 15) is 4.79 Å². The number of piperazine rings is 1. The van der Waals surface area contributed by atoms with Gasteiger partial charge < -0.3 is 9.80 Å². The van der Waals surface area contributed by atoms with Gasteiger partial charge in [0.1, 0.15) is 0 Å². The van der Waals surface area contributed by atoms with Gasteiger partial charge in [-0.1, -0.05) is 44.2 Å². The Kier molecular flexibility index (Phi) is 5.18. The van der Waals surface area contributed by atoms with E-state index in [4.69, 9.17) is 0 Å². The van der Waals surface area contributed by atoms with Crippen LogP contribution in [0.15, 0.2) is 30.3 Å². The lowest BCUT2D eigenvalue weighted by atomic mass is 9.85. The lowest BCUT2D eigenvalue weighted by Crippen LogP contribution is -2.47. The van der Waals surface area contributed by atoms with Crippen molar-refractivity contribution in [1.82, 2.24) is 9.80 Å². The largest absolute Gasteiger partial charge is 0.340 e. The molecule has 3 nitrogen and oxygen atoms in total. The summed E-state index contributed by atoms with van der Waals surface area (Å²) in [5.41, 5.74) is 1.28. The van der Waals surface area contributed by atoms with E-state index in [1.54, 1.807) is 0 Å². The third-order valence-corrected chi connectivity index (χ3v) is 4.28. The average Bonchev–Trinajstić information content (AvgIpc) is 2.46. The molecule has 1 amide bonds. The maximum atomic E-state index is 12.5. The van der Waals surface area contributed by atoms with Crippen LogP contribution >= 0.6 is 0 Å². The number of carbonyl (C=O) groups excluding carboxylic acids is 1. The van der Waals surface area contributed by atoms with Crippen LogP contribution in [0.5, 0.6) is 0 Å². The van der Waals surface area contributed by atoms with E-state index >= 15 is 0 Å². The SMILES string of the molecule is CC(C)C(CC(=O)N1CCN(C)CC1)c1ccccc1. The molecule has 0 saturated carbocycles. The minimum absolute atomic E-state index is 0.306. The van der Waals surface area contributed by atoms with E-state index < -0.39 is 0 Å². The normalized spacial score (nSPS) is 18.3. The highest BCUT2D eigenvalue weighted by molar-refractivity contribution is 5.77. The molecule has 0 aliphatic carbocycles. The number of carbonyl (C=O) groups is 1. The van der Waals surface area contributed by atoms with Crippen molar-refractivity contribution in [2.45, 2.75) is 26.2 Å². The van der Waals surface area contributed by atoms with Crippen LogP contribution in [0.2, 0.25) is 0 Å². The molecule has 1 saturated heterocycles. The van der Waals surface area contributed by atoms with E-state index in [-0.39, 0.29) is 0 Å². The summed E-state index contributed by atoms with van der Waals surface area (Å²) in [5.74, 6) is 1.11. The molecular formula is C17H26N2O. The second-order valence-corrected chi connectivity index (χ2v) is 6.15. The van der Waals surface area contributed by atoms with Crippen molar-refractivity contribution in [3.63, 3.8) is 0 Å². The summed E-state index contributed by atoms with van der Waals surface area (Å²) in [6.45, 7) is 8.13. The molecule has 0 aromatic heterocycles. The minimum atomic E-state index is 0.306. The molecule has 110 valence electrons. The molecule has 0 radical (unpaired) electrons.